The lowest BCUT2D eigenvalue weighted by Gasteiger charge is -2.12. The molecule has 0 saturated heterocycles. The Morgan fingerprint density at radius 2 is 2.12 bits per heavy atom. The fourth-order valence-electron chi connectivity index (χ4n) is 2.22. The van der Waals surface area contributed by atoms with Crippen LogP contribution in [0.5, 0.6) is 6.01 Å². The number of aliphatic hydroxyl groups is 1. The van der Waals surface area contributed by atoms with Crippen molar-refractivity contribution in [1.82, 2.24) is 15.0 Å². The van der Waals surface area contributed by atoms with E-state index in [1.807, 2.05) is 12.1 Å². The molecule has 1 aromatic heterocycles. The van der Waals surface area contributed by atoms with Crippen LogP contribution in [0.1, 0.15) is 25.0 Å². The van der Waals surface area contributed by atoms with E-state index in [1.165, 1.54) is 11.9 Å². The SMILES string of the molecule is C=CC(=O)OC(O)COc1ncnc(-c2ccc(CC)cc2CC)n1. The average molecular weight is 343 g/mol. The lowest BCUT2D eigenvalue weighted by molar-refractivity contribution is -0.166. The van der Waals surface area contributed by atoms with Crippen LogP contribution in [0.4, 0.5) is 0 Å². The van der Waals surface area contributed by atoms with Gasteiger partial charge in [-0.2, -0.15) is 9.97 Å². The Morgan fingerprint density at radius 3 is 2.80 bits per heavy atom. The van der Waals surface area contributed by atoms with Gasteiger partial charge in [0.2, 0.25) is 6.29 Å². The van der Waals surface area contributed by atoms with Crippen molar-refractivity contribution in [2.45, 2.75) is 33.0 Å². The Bertz CT molecular complexity index is 749. The van der Waals surface area contributed by atoms with Gasteiger partial charge < -0.3 is 14.6 Å². The number of benzene rings is 1. The van der Waals surface area contributed by atoms with Crippen LogP contribution in [0.15, 0.2) is 37.2 Å². The number of ether oxygens (including phenoxy) is 2. The maximum absolute atomic E-state index is 11.0. The first-order chi connectivity index (χ1) is 12.1. The molecule has 0 aliphatic heterocycles. The number of carbonyl (C=O) groups excluding carboxylic acids is 1. The summed E-state index contributed by atoms with van der Waals surface area (Å²) in [4.78, 5) is 23.4. The summed E-state index contributed by atoms with van der Waals surface area (Å²) in [6.45, 7) is 7.13. The number of hydrogen-bond donors (Lipinski definition) is 1. The third-order valence-corrected chi connectivity index (χ3v) is 3.52. The molecule has 1 unspecified atom stereocenters. The van der Waals surface area contributed by atoms with Crippen LogP contribution in [0.25, 0.3) is 11.4 Å². The van der Waals surface area contributed by atoms with Crippen molar-refractivity contribution in [2.75, 3.05) is 6.61 Å². The molecular formula is C18H21N3O4. The summed E-state index contributed by atoms with van der Waals surface area (Å²) in [7, 11) is 0. The van der Waals surface area contributed by atoms with E-state index in [9.17, 15) is 9.90 Å². The topological polar surface area (TPSA) is 94.4 Å². The molecular weight excluding hydrogens is 322 g/mol. The minimum absolute atomic E-state index is 0.0420. The Kier molecular flexibility index (Phi) is 6.59. The third kappa shape index (κ3) is 5.09. The molecule has 2 rings (SSSR count). The molecule has 0 fully saturated rings. The predicted octanol–water partition coefficient (Wildman–Crippen LogP) is 2.09. The number of aliphatic hydroxyl groups excluding tert-OH is 1. The highest BCUT2D eigenvalue weighted by atomic mass is 16.7. The number of aryl methyl sites for hydroxylation is 2. The summed E-state index contributed by atoms with van der Waals surface area (Å²) in [6, 6.07) is 6.20. The highest BCUT2D eigenvalue weighted by Gasteiger charge is 2.13. The first kappa shape index (κ1) is 18.5. The van der Waals surface area contributed by atoms with Gasteiger partial charge in [0.05, 0.1) is 0 Å². The molecule has 1 atom stereocenters. The zero-order valence-electron chi connectivity index (χ0n) is 14.3. The van der Waals surface area contributed by atoms with Crippen LogP contribution in [-0.4, -0.2) is 38.9 Å². The number of hydrogen-bond acceptors (Lipinski definition) is 7. The van der Waals surface area contributed by atoms with Crippen LogP contribution >= 0.6 is 0 Å². The summed E-state index contributed by atoms with van der Waals surface area (Å²) >= 11 is 0. The van der Waals surface area contributed by atoms with E-state index in [-0.39, 0.29) is 12.6 Å². The third-order valence-electron chi connectivity index (χ3n) is 3.52. The lowest BCUT2D eigenvalue weighted by atomic mass is 10.0. The molecule has 0 bridgehead atoms. The number of aromatic nitrogens is 3. The molecule has 1 aromatic carbocycles. The van der Waals surface area contributed by atoms with E-state index in [0.29, 0.717) is 5.82 Å². The summed E-state index contributed by atoms with van der Waals surface area (Å²) in [5, 5.41) is 9.55. The van der Waals surface area contributed by atoms with Gasteiger partial charge >= 0.3 is 12.0 Å². The second kappa shape index (κ2) is 8.89. The predicted molar refractivity (Wildman–Crippen MR) is 91.8 cm³/mol. The molecule has 25 heavy (non-hydrogen) atoms. The molecule has 1 heterocycles. The lowest BCUT2D eigenvalue weighted by Crippen LogP contribution is -2.24. The highest BCUT2D eigenvalue weighted by molar-refractivity contribution is 5.81. The van der Waals surface area contributed by atoms with Crippen LogP contribution in [0.3, 0.4) is 0 Å². The summed E-state index contributed by atoms with van der Waals surface area (Å²) in [6.07, 6.45) is 2.67. The molecule has 0 aliphatic carbocycles. The quantitative estimate of drug-likeness (QED) is 0.445. The monoisotopic (exact) mass is 343 g/mol. The van der Waals surface area contributed by atoms with Gasteiger partial charge in [0.15, 0.2) is 12.4 Å². The van der Waals surface area contributed by atoms with Gasteiger partial charge in [0, 0.05) is 11.6 Å². The molecule has 0 saturated carbocycles. The maximum Gasteiger partial charge on any atom is 0.332 e. The molecule has 0 amide bonds. The van der Waals surface area contributed by atoms with E-state index < -0.39 is 12.3 Å². The highest BCUT2D eigenvalue weighted by Crippen LogP contribution is 2.23. The molecule has 0 spiro atoms. The summed E-state index contributed by atoms with van der Waals surface area (Å²) in [5.41, 5.74) is 3.29. The molecule has 2 aromatic rings. The summed E-state index contributed by atoms with van der Waals surface area (Å²) in [5.74, 6) is -0.252. The molecule has 7 nitrogen and oxygen atoms in total. The zero-order chi connectivity index (χ0) is 18.2. The average Bonchev–Trinajstić information content (AvgIpc) is 2.65. The van der Waals surface area contributed by atoms with Gasteiger partial charge in [-0.05, 0) is 24.0 Å². The van der Waals surface area contributed by atoms with E-state index in [4.69, 9.17) is 4.74 Å². The van der Waals surface area contributed by atoms with E-state index in [1.54, 1.807) is 0 Å². The Labute approximate surface area is 146 Å². The second-order valence-corrected chi connectivity index (χ2v) is 5.20. The van der Waals surface area contributed by atoms with E-state index >= 15 is 0 Å². The van der Waals surface area contributed by atoms with Crippen molar-refractivity contribution in [3.63, 3.8) is 0 Å². The van der Waals surface area contributed by atoms with Crippen LogP contribution < -0.4 is 4.74 Å². The van der Waals surface area contributed by atoms with E-state index in [0.717, 1.165) is 30.0 Å². The fourth-order valence-corrected chi connectivity index (χ4v) is 2.22. The van der Waals surface area contributed by atoms with Gasteiger partial charge in [0.25, 0.3) is 0 Å². The van der Waals surface area contributed by atoms with Crippen LogP contribution in [-0.2, 0) is 22.4 Å². The van der Waals surface area contributed by atoms with Crippen molar-refractivity contribution in [3.05, 3.63) is 48.3 Å². The van der Waals surface area contributed by atoms with Crippen molar-refractivity contribution in [2.24, 2.45) is 0 Å². The van der Waals surface area contributed by atoms with Gasteiger partial charge in [0.1, 0.15) is 6.33 Å². The van der Waals surface area contributed by atoms with Gasteiger partial charge in [-0.15, -0.1) is 0 Å². The normalized spacial score (nSPS) is 11.6. The summed E-state index contributed by atoms with van der Waals surface area (Å²) < 4.78 is 9.87. The number of carbonyl (C=O) groups is 1. The Hall–Kier alpha value is -2.80. The van der Waals surface area contributed by atoms with Crippen molar-refractivity contribution < 1.29 is 19.4 Å². The number of rotatable bonds is 8. The largest absolute Gasteiger partial charge is 0.457 e. The van der Waals surface area contributed by atoms with Gasteiger partial charge in [-0.1, -0.05) is 38.6 Å². The standard InChI is InChI=1S/C18H21N3O4/c1-4-12-7-8-14(13(5-2)9-12)17-19-11-20-18(21-17)24-10-16(23)25-15(22)6-3/h6-9,11,16,23H,3-5,10H2,1-2H3. The molecule has 0 radical (unpaired) electrons. The first-order valence-electron chi connectivity index (χ1n) is 8.02. The Morgan fingerprint density at radius 1 is 1.32 bits per heavy atom. The molecule has 1 N–H and O–H groups in total. The van der Waals surface area contributed by atoms with Gasteiger partial charge in [-0.3, -0.25) is 0 Å². The minimum atomic E-state index is -1.43. The van der Waals surface area contributed by atoms with E-state index in [2.05, 4.69) is 46.2 Å². The number of nitrogens with zero attached hydrogens (tertiary/aromatic N) is 3. The second-order valence-electron chi connectivity index (χ2n) is 5.20. The van der Waals surface area contributed by atoms with Crippen molar-refractivity contribution in [3.8, 4) is 17.4 Å². The van der Waals surface area contributed by atoms with Gasteiger partial charge in [-0.25, -0.2) is 9.78 Å². The molecule has 132 valence electrons. The smallest absolute Gasteiger partial charge is 0.332 e. The molecule has 0 aliphatic rings. The fraction of sp³-hybridized carbons (Fsp3) is 0.333. The first-order valence-corrected chi connectivity index (χ1v) is 8.02. The Balaban J connectivity index is 2.13. The zero-order valence-corrected chi connectivity index (χ0v) is 14.3. The molecule has 7 heteroatoms. The maximum atomic E-state index is 11.0. The minimum Gasteiger partial charge on any atom is -0.457 e. The van der Waals surface area contributed by atoms with Crippen molar-refractivity contribution >= 4 is 5.97 Å². The van der Waals surface area contributed by atoms with Crippen LogP contribution in [0.2, 0.25) is 0 Å². The van der Waals surface area contributed by atoms with Crippen molar-refractivity contribution in [1.29, 1.82) is 0 Å². The number of esters is 1. The van der Waals surface area contributed by atoms with Crippen LogP contribution in [0, 0.1) is 0 Å².